The van der Waals surface area contributed by atoms with Crippen molar-refractivity contribution in [2.24, 2.45) is 0 Å². The number of aromatic carboxylic acids is 1. The molecule has 6 nitrogen and oxygen atoms in total. The van der Waals surface area contributed by atoms with E-state index in [4.69, 9.17) is 4.74 Å². The summed E-state index contributed by atoms with van der Waals surface area (Å²) in [6.45, 7) is 6.60. The molecule has 2 unspecified atom stereocenters. The Labute approximate surface area is 123 Å². The second-order valence-corrected chi connectivity index (χ2v) is 5.45. The van der Waals surface area contributed by atoms with Crippen LogP contribution in [0.3, 0.4) is 0 Å². The van der Waals surface area contributed by atoms with Gasteiger partial charge in [-0.15, -0.1) is 0 Å². The van der Waals surface area contributed by atoms with Gasteiger partial charge in [0.25, 0.3) is 0 Å². The number of carboxylic acids is 1. The van der Waals surface area contributed by atoms with Gasteiger partial charge in [-0.1, -0.05) is 11.6 Å². The first kappa shape index (κ1) is 15.3. The molecule has 2 atom stereocenters. The zero-order valence-corrected chi connectivity index (χ0v) is 12.4. The molecule has 0 aliphatic carbocycles. The van der Waals surface area contributed by atoms with Crippen LogP contribution in [0.4, 0.5) is 10.5 Å². The van der Waals surface area contributed by atoms with E-state index in [1.807, 2.05) is 20.8 Å². The highest BCUT2D eigenvalue weighted by Crippen LogP contribution is 2.19. The zero-order chi connectivity index (χ0) is 15.6. The predicted molar refractivity (Wildman–Crippen MR) is 78.7 cm³/mol. The highest BCUT2D eigenvalue weighted by molar-refractivity contribution is 6.00. The van der Waals surface area contributed by atoms with Gasteiger partial charge in [0.15, 0.2) is 0 Å². The Morgan fingerprint density at radius 2 is 1.90 bits per heavy atom. The molecule has 2 amide bonds. The van der Waals surface area contributed by atoms with Crippen molar-refractivity contribution in [3.63, 3.8) is 0 Å². The van der Waals surface area contributed by atoms with Crippen molar-refractivity contribution in [1.82, 2.24) is 4.90 Å². The molecule has 21 heavy (non-hydrogen) atoms. The zero-order valence-electron chi connectivity index (χ0n) is 12.4. The Kier molecular flexibility index (Phi) is 4.47. The highest BCUT2D eigenvalue weighted by atomic mass is 16.5. The molecule has 0 saturated carbocycles. The average molecular weight is 292 g/mol. The van der Waals surface area contributed by atoms with Crippen LogP contribution in [-0.2, 0) is 4.74 Å². The van der Waals surface area contributed by atoms with Crippen LogP contribution in [0.15, 0.2) is 18.2 Å². The van der Waals surface area contributed by atoms with Crippen LogP contribution in [0.5, 0.6) is 0 Å². The van der Waals surface area contributed by atoms with Crippen LogP contribution in [0.25, 0.3) is 0 Å². The van der Waals surface area contributed by atoms with E-state index in [1.165, 1.54) is 0 Å². The maximum absolute atomic E-state index is 12.3. The lowest BCUT2D eigenvalue weighted by atomic mass is 10.1. The number of benzene rings is 1. The van der Waals surface area contributed by atoms with Crippen molar-refractivity contribution >= 4 is 17.7 Å². The number of aryl methyl sites for hydroxylation is 1. The van der Waals surface area contributed by atoms with Gasteiger partial charge in [0.05, 0.1) is 23.5 Å². The van der Waals surface area contributed by atoms with E-state index in [-0.39, 0.29) is 23.8 Å². The van der Waals surface area contributed by atoms with Crippen molar-refractivity contribution in [1.29, 1.82) is 0 Å². The summed E-state index contributed by atoms with van der Waals surface area (Å²) in [5, 5.41) is 11.9. The lowest BCUT2D eigenvalue weighted by molar-refractivity contribution is -0.0530. The number of nitrogens with one attached hydrogen (secondary N) is 1. The van der Waals surface area contributed by atoms with Crippen molar-refractivity contribution in [2.45, 2.75) is 33.0 Å². The van der Waals surface area contributed by atoms with Crippen LogP contribution in [0, 0.1) is 6.92 Å². The number of nitrogens with zero attached hydrogens (tertiary/aromatic N) is 1. The van der Waals surface area contributed by atoms with Crippen LogP contribution in [0.2, 0.25) is 0 Å². The van der Waals surface area contributed by atoms with E-state index in [2.05, 4.69) is 5.32 Å². The quantitative estimate of drug-likeness (QED) is 0.877. The molecular weight excluding hydrogens is 272 g/mol. The molecule has 0 aromatic heterocycles. The minimum Gasteiger partial charge on any atom is -0.478 e. The second-order valence-electron chi connectivity index (χ2n) is 5.45. The topological polar surface area (TPSA) is 78.9 Å². The number of morpholine rings is 1. The molecule has 1 fully saturated rings. The molecule has 1 heterocycles. The number of carbonyl (C=O) groups excluding carboxylic acids is 1. The summed E-state index contributed by atoms with van der Waals surface area (Å²) in [4.78, 5) is 25.2. The van der Waals surface area contributed by atoms with Gasteiger partial charge < -0.3 is 20.1 Å². The summed E-state index contributed by atoms with van der Waals surface area (Å²) >= 11 is 0. The summed E-state index contributed by atoms with van der Waals surface area (Å²) < 4.78 is 5.58. The molecule has 0 bridgehead atoms. The van der Waals surface area contributed by atoms with Crippen molar-refractivity contribution in [2.75, 3.05) is 18.4 Å². The molecule has 114 valence electrons. The van der Waals surface area contributed by atoms with E-state index in [9.17, 15) is 14.7 Å². The first-order valence-corrected chi connectivity index (χ1v) is 6.92. The molecule has 0 spiro atoms. The fourth-order valence-electron chi connectivity index (χ4n) is 2.48. The fourth-order valence-corrected chi connectivity index (χ4v) is 2.48. The Morgan fingerprint density at radius 1 is 1.29 bits per heavy atom. The summed E-state index contributed by atoms with van der Waals surface area (Å²) in [6, 6.07) is 4.63. The summed E-state index contributed by atoms with van der Waals surface area (Å²) in [5.74, 6) is -1.06. The largest absolute Gasteiger partial charge is 0.478 e. The minimum absolute atomic E-state index is 0.0311. The van der Waals surface area contributed by atoms with Crippen molar-refractivity contribution in [3.8, 4) is 0 Å². The van der Waals surface area contributed by atoms with Gasteiger partial charge in [0.2, 0.25) is 0 Å². The lowest BCUT2D eigenvalue weighted by Crippen LogP contribution is -2.49. The number of carbonyl (C=O) groups is 2. The third-order valence-electron chi connectivity index (χ3n) is 3.35. The molecule has 1 aromatic rings. The molecule has 6 heteroatoms. The standard InChI is InChI=1S/C15H20N2O4/c1-9-4-5-13(12(6-9)14(18)19)16-15(20)17-7-10(2)21-11(3)8-17/h4-6,10-11H,7-8H2,1-3H3,(H,16,20)(H,18,19). The normalized spacial score (nSPS) is 22.0. The second kappa shape index (κ2) is 6.13. The first-order chi connectivity index (χ1) is 9.86. The third kappa shape index (κ3) is 3.72. The van der Waals surface area contributed by atoms with Crippen LogP contribution in [0.1, 0.15) is 29.8 Å². The van der Waals surface area contributed by atoms with Gasteiger partial charge in [0, 0.05) is 13.1 Å². The van der Waals surface area contributed by atoms with Crippen LogP contribution in [-0.4, -0.2) is 47.3 Å². The molecule has 2 rings (SSSR count). The Balaban J connectivity index is 2.14. The van der Waals surface area contributed by atoms with Gasteiger partial charge in [-0.3, -0.25) is 0 Å². The van der Waals surface area contributed by atoms with Gasteiger partial charge in [-0.25, -0.2) is 9.59 Å². The number of ether oxygens (including phenoxy) is 1. The number of hydrogen-bond donors (Lipinski definition) is 2. The van der Waals surface area contributed by atoms with E-state index in [1.54, 1.807) is 23.1 Å². The van der Waals surface area contributed by atoms with Gasteiger partial charge in [0.1, 0.15) is 0 Å². The Morgan fingerprint density at radius 3 is 2.48 bits per heavy atom. The summed E-state index contributed by atoms with van der Waals surface area (Å²) in [7, 11) is 0. The number of carboxylic acid groups (broad SMARTS) is 1. The van der Waals surface area contributed by atoms with E-state index in [0.29, 0.717) is 18.8 Å². The molecule has 1 aliphatic heterocycles. The number of rotatable bonds is 2. The molecule has 1 aliphatic rings. The molecule has 1 saturated heterocycles. The van der Waals surface area contributed by atoms with E-state index < -0.39 is 5.97 Å². The minimum atomic E-state index is -1.06. The lowest BCUT2D eigenvalue weighted by Gasteiger charge is -2.35. The average Bonchev–Trinajstić information content (AvgIpc) is 2.39. The number of amides is 2. The van der Waals surface area contributed by atoms with Crippen LogP contribution >= 0.6 is 0 Å². The van der Waals surface area contributed by atoms with E-state index >= 15 is 0 Å². The van der Waals surface area contributed by atoms with Crippen LogP contribution < -0.4 is 5.32 Å². The fraction of sp³-hybridized carbons (Fsp3) is 0.467. The summed E-state index contributed by atoms with van der Waals surface area (Å²) in [6.07, 6.45) is -0.0621. The predicted octanol–water partition coefficient (Wildman–Crippen LogP) is 2.33. The molecule has 2 N–H and O–H groups in total. The van der Waals surface area contributed by atoms with Gasteiger partial charge in [-0.2, -0.15) is 0 Å². The number of hydrogen-bond acceptors (Lipinski definition) is 3. The van der Waals surface area contributed by atoms with Gasteiger partial charge >= 0.3 is 12.0 Å². The third-order valence-corrected chi connectivity index (χ3v) is 3.35. The molecular formula is C15H20N2O4. The highest BCUT2D eigenvalue weighted by Gasteiger charge is 2.26. The van der Waals surface area contributed by atoms with Crippen molar-refractivity contribution < 1.29 is 19.4 Å². The molecule has 0 radical (unpaired) electrons. The number of anilines is 1. The van der Waals surface area contributed by atoms with Crippen molar-refractivity contribution in [3.05, 3.63) is 29.3 Å². The number of urea groups is 1. The monoisotopic (exact) mass is 292 g/mol. The first-order valence-electron chi connectivity index (χ1n) is 6.92. The Hall–Kier alpha value is -2.08. The maximum atomic E-state index is 12.3. The summed E-state index contributed by atoms with van der Waals surface area (Å²) in [5.41, 5.74) is 1.24. The smallest absolute Gasteiger partial charge is 0.337 e. The van der Waals surface area contributed by atoms with Gasteiger partial charge in [-0.05, 0) is 32.9 Å². The molecule has 1 aromatic carbocycles. The van der Waals surface area contributed by atoms with E-state index in [0.717, 1.165) is 5.56 Å². The SMILES string of the molecule is Cc1ccc(NC(=O)N2CC(C)OC(C)C2)c(C(=O)O)c1. The Bertz CT molecular complexity index is 549. The maximum Gasteiger partial charge on any atom is 0.337 e.